The second-order valence-electron chi connectivity index (χ2n) is 12.1. The van der Waals surface area contributed by atoms with Crippen molar-refractivity contribution in [2.24, 2.45) is 11.8 Å². The van der Waals surface area contributed by atoms with Gasteiger partial charge in [0.15, 0.2) is 11.6 Å². The summed E-state index contributed by atoms with van der Waals surface area (Å²) in [5.41, 5.74) is -3.20. The van der Waals surface area contributed by atoms with Gasteiger partial charge in [0.05, 0.1) is 31.5 Å². The molecule has 0 aliphatic carbocycles. The number of likely N-dealkylation sites (tertiary alicyclic amines) is 1. The number of ether oxygens (including phenoxy) is 3. The normalized spacial score (nSPS) is 21.9. The van der Waals surface area contributed by atoms with E-state index in [1.165, 1.54) is 30.2 Å². The fraction of sp³-hybridized carbons (Fsp3) is 0.594. The number of piperazine rings is 1. The highest BCUT2D eigenvalue weighted by atomic mass is 19.4. The van der Waals surface area contributed by atoms with Crippen LogP contribution >= 0.6 is 0 Å². The van der Waals surface area contributed by atoms with Gasteiger partial charge in [0.2, 0.25) is 0 Å². The van der Waals surface area contributed by atoms with Crippen molar-refractivity contribution in [3.8, 4) is 5.75 Å². The van der Waals surface area contributed by atoms with Gasteiger partial charge < -0.3 is 24.0 Å². The van der Waals surface area contributed by atoms with Crippen molar-refractivity contribution in [1.29, 1.82) is 0 Å². The molecule has 46 heavy (non-hydrogen) atoms. The average molecular weight is 664 g/mol. The molecular weight excluding hydrogens is 623 g/mol. The molecule has 256 valence electrons. The molecule has 2 aromatic carbocycles. The minimum atomic E-state index is -5.09. The van der Waals surface area contributed by atoms with Gasteiger partial charge in [0.25, 0.3) is 5.91 Å². The Bertz CT molecular complexity index is 1280. The maximum absolute atomic E-state index is 14.1. The largest absolute Gasteiger partial charge is 0.494 e. The maximum Gasteiger partial charge on any atom is 0.416 e. The standard InChI is InChI=1S/C32H40F7N3O4/c1-44-19-22-10-23(20-45-2)17-41(16-22)7-6-40-8-9-42(27(18-40)11-21-4-5-28(33)29(12-21)46-3)30(43)24-13-25(31(34,35)36)15-26(14-24)32(37,38)39/h4-5,12-15,22-23,27H,6-11,16-20H2,1-3H3/t22?,23?,27-/m1/s1. The van der Waals surface area contributed by atoms with Gasteiger partial charge in [-0.25, -0.2) is 4.39 Å². The molecular formula is C32H40F7N3O4. The number of halogens is 7. The lowest BCUT2D eigenvalue weighted by Gasteiger charge is -2.43. The molecule has 2 heterocycles. The van der Waals surface area contributed by atoms with Gasteiger partial charge in [0.1, 0.15) is 0 Å². The van der Waals surface area contributed by atoms with E-state index in [2.05, 4.69) is 9.80 Å². The highest BCUT2D eigenvalue weighted by Gasteiger charge is 2.39. The fourth-order valence-corrected chi connectivity index (χ4v) is 6.52. The number of amides is 1. The summed E-state index contributed by atoms with van der Waals surface area (Å²) >= 11 is 0. The van der Waals surface area contributed by atoms with Crippen LogP contribution in [0.25, 0.3) is 0 Å². The third kappa shape index (κ3) is 9.33. The van der Waals surface area contributed by atoms with E-state index in [-0.39, 0.29) is 24.8 Å². The second kappa shape index (κ2) is 15.3. The first-order valence-corrected chi connectivity index (χ1v) is 15.1. The Balaban J connectivity index is 1.57. The first-order valence-electron chi connectivity index (χ1n) is 15.1. The van der Waals surface area contributed by atoms with E-state index in [9.17, 15) is 35.5 Å². The predicted octanol–water partition coefficient (Wildman–Crippen LogP) is 5.47. The molecule has 3 atom stereocenters. The summed E-state index contributed by atoms with van der Waals surface area (Å²) in [6.45, 7) is 5.08. The van der Waals surface area contributed by atoms with E-state index < -0.39 is 46.8 Å². The smallest absolute Gasteiger partial charge is 0.416 e. The van der Waals surface area contributed by atoms with Crippen molar-refractivity contribution in [2.45, 2.75) is 31.2 Å². The van der Waals surface area contributed by atoms with Crippen LogP contribution < -0.4 is 4.74 Å². The molecule has 0 bridgehead atoms. The summed E-state index contributed by atoms with van der Waals surface area (Å²) < 4.78 is 111. The lowest BCUT2D eigenvalue weighted by atomic mass is 9.90. The Morgan fingerprint density at radius 3 is 1.93 bits per heavy atom. The molecule has 2 aromatic rings. The van der Waals surface area contributed by atoms with Crippen LogP contribution in [-0.2, 0) is 28.2 Å². The van der Waals surface area contributed by atoms with Gasteiger partial charge in [-0.1, -0.05) is 6.07 Å². The van der Waals surface area contributed by atoms with E-state index in [4.69, 9.17) is 14.2 Å². The molecule has 4 rings (SSSR count). The number of carbonyl (C=O) groups excluding carboxylic acids is 1. The summed E-state index contributed by atoms with van der Waals surface area (Å²) in [6.07, 6.45) is -9.00. The van der Waals surface area contributed by atoms with Crippen molar-refractivity contribution in [2.75, 3.05) is 80.4 Å². The Labute approximate surface area is 264 Å². The number of methoxy groups -OCH3 is 3. The lowest BCUT2D eigenvalue weighted by Crippen LogP contribution is -2.57. The average Bonchev–Trinajstić information content (AvgIpc) is 3.00. The van der Waals surface area contributed by atoms with Gasteiger partial charge in [0, 0.05) is 71.6 Å². The van der Waals surface area contributed by atoms with Crippen LogP contribution in [0, 0.1) is 17.7 Å². The first-order chi connectivity index (χ1) is 21.7. The number of hydrogen-bond donors (Lipinski definition) is 0. The zero-order valence-corrected chi connectivity index (χ0v) is 26.1. The number of benzene rings is 2. The molecule has 0 aromatic heterocycles. The number of piperidine rings is 1. The summed E-state index contributed by atoms with van der Waals surface area (Å²) in [5.74, 6) is -0.839. The van der Waals surface area contributed by atoms with Gasteiger partial charge in [-0.2, -0.15) is 26.3 Å². The maximum atomic E-state index is 14.1. The third-order valence-corrected chi connectivity index (χ3v) is 8.59. The Morgan fingerprint density at radius 2 is 1.39 bits per heavy atom. The molecule has 2 fully saturated rings. The van der Waals surface area contributed by atoms with Crippen molar-refractivity contribution in [3.05, 3.63) is 64.5 Å². The zero-order chi connectivity index (χ0) is 33.6. The monoisotopic (exact) mass is 663 g/mol. The van der Waals surface area contributed by atoms with E-state index in [0.717, 1.165) is 19.5 Å². The third-order valence-electron chi connectivity index (χ3n) is 8.59. The lowest BCUT2D eigenvalue weighted by molar-refractivity contribution is -0.143. The molecule has 14 heteroatoms. The SMILES string of the molecule is COCC1CC(COC)CN(CCN2CCN(C(=O)c3cc(C(F)(F)F)cc(C(F)(F)F)c3)[C@H](Cc3ccc(F)c(OC)c3)C2)C1. The van der Waals surface area contributed by atoms with Crippen LogP contribution in [0.4, 0.5) is 30.7 Å². The first kappa shape index (κ1) is 35.9. The van der Waals surface area contributed by atoms with Gasteiger partial charge >= 0.3 is 12.4 Å². The number of alkyl halides is 6. The van der Waals surface area contributed by atoms with Crippen molar-refractivity contribution in [1.82, 2.24) is 14.7 Å². The quantitative estimate of drug-likeness (QED) is 0.298. The van der Waals surface area contributed by atoms with Crippen LogP contribution in [0.5, 0.6) is 5.75 Å². The Kier molecular flexibility index (Phi) is 11.9. The predicted molar refractivity (Wildman–Crippen MR) is 156 cm³/mol. The Hall–Kier alpha value is -2.94. The summed E-state index contributed by atoms with van der Waals surface area (Å²) in [7, 11) is 4.65. The number of rotatable bonds is 11. The second-order valence-corrected chi connectivity index (χ2v) is 12.1. The summed E-state index contributed by atoms with van der Waals surface area (Å²) in [6, 6.07) is 4.52. The van der Waals surface area contributed by atoms with Gasteiger partial charge in [-0.3, -0.25) is 9.69 Å². The molecule has 0 radical (unpaired) electrons. The summed E-state index contributed by atoms with van der Waals surface area (Å²) in [4.78, 5) is 19.5. The van der Waals surface area contributed by atoms with E-state index in [0.29, 0.717) is 68.9 Å². The van der Waals surface area contributed by atoms with Crippen LogP contribution in [0.3, 0.4) is 0 Å². The highest BCUT2D eigenvalue weighted by molar-refractivity contribution is 5.95. The van der Waals surface area contributed by atoms with Crippen LogP contribution in [0.2, 0.25) is 0 Å². The number of nitrogens with zero attached hydrogens (tertiary/aromatic N) is 3. The number of carbonyl (C=O) groups is 1. The molecule has 2 saturated heterocycles. The highest BCUT2D eigenvalue weighted by Crippen LogP contribution is 2.37. The van der Waals surface area contributed by atoms with Crippen LogP contribution in [-0.4, -0.2) is 107 Å². The summed E-state index contributed by atoms with van der Waals surface area (Å²) in [5, 5.41) is 0. The molecule has 1 amide bonds. The minimum absolute atomic E-state index is 0.00592. The molecule has 2 unspecified atom stereocenters. The number of hydrogen-bond acceptors (Lipinski definition) is 6. The van der Waals surface area contributed by atoms with E-state index in [1.54, 1.807) is 14.2 Å². The minimum Gasteiger partial charge on any atom is -0.494 e. The molecule has 2 aliphatic heterocycles. The molecule has 0 N–H and O–H groups in total. The van der Waals surface area contributed by atoms with E-state index >= 15 is 0 Å². The van der Waals surface area contributed by atoms with Gasteiger partial charge in [-0.05, 0) is 60.6 Å². The van der Waals surface area contributed by atoms with Crippen molar-refractivity contribution < 1.29 is 49.7 Å². The van der Waals surface area contributed by atoms with E-state index in [1.807, 2.05) is 0 Å². The van der Waals surface area contributed by atoms with Crippen LogP contribution in [0.15, 0.2) is 36.4 Å². The van der Waals surface area contributed by atoms with Crippen molar-refractivity contribution >= 4 is 5.91 Å². The van der Waals surface area contributed by atoms with Gasteiger partial charge in [-0.15, -0.1) is 0 Å². The molecule has 2 aliphatic rings. The van der Waals surface area contributed by atoms with Crippen molar-refractivity contribution in [3.63, 3.8) is 0 Å². The zero-order valence-electron chi connectivity index (χ0n) is 26.1. The molecule has 0 saturated carbocycles. The Morgan fingerprint density at radius 1 is 0.804 bits per heavy atom. The fourth-order valence-electron chi connectivity index (χ4n) is 6.52. The topological polar surface area (TPSA) is 54.5 Å². The van der Waals surface area contributed by atoms with Crippen LogP contribution in [0.1, 0.15) is 33.5 Å². The molecule has 7 nitrogen and oxygen atoms in total. The molecule has 0 spiro atoms.